The van der Waals surface area contributed by atoms with E-state index in [1.54, 1.807) is 11.8 Å². The zero-order chi connectivity index (χ0) is 13.5. The SMILES string of the molecule is CCC(CC)N(CCO)C(=O)CSC(C)(C)C. The van der Waals surface area contributed by atoms with Crippen LogP contribution in [0.15, 0.2) is 0 Å². The van der Waals surface area contributed by atoms with Crippen LogP contribution in [0.1, 0.15) is 47.5 Å². The van der Waals surface area contributed by atoms with E-state index >= 15 is 0 Å². The first-order valence-corrected chi connectivity index (χ1v) is 7.38. The predicted molar refractivity (Wildman–Crippen MR) is 75.4 cm³/mol. The average Bonchev–Trinajstić information content (AvgIpc) is 2.25. The Morgan fingerprint density at radius 1 is 1.29 bits per heavy atom. The Bertz CT molecular complexity index is 222. The minimum atomic E-state index is 0.0441. The normalized spacial score (nSPS) is 11.9. The van der Waals surface area contributed by atoms with Crippen molar-refractivity contribution in [3.63, 3.8) is 0 Å². The maximum absolute atomic E-state index is 12.1. The molecular weight excluding hydrogens is 234 g/mol. The highest BCUT2D eigenvalue weighted by molar-refractivity contribution is 8.01. The largest absolute Gasteiger partial charge is 0.395 e. The molecular formula is C13H27NO2S. The number of thioether (sulfide) groups is 1. The zero-order valence-electron chi connectivity index (χ0n) is 11.8. The molecule has 0 saturated heterocycles. The third-order valence-corrected chi connectivity index (χ3v) is 3.93. The summed E-state index contributed by atoms with van der Waals surface area (Å²) in [6.45, 7) is 11.0. The Labute approximate surface area is 110 Å². The molecule has 0 aliphatic rings. The summed E-state index contributed by atoms with van der Waals surface area (Å²) in [6, 6.07) is 0.259. The van der Waals surface area contributed by atoms with Gasteiger partial charge in [-0.05, 0) is 12.8 Å². The maximum atomic E-state index is 12.1. The molecule has 0 aliphatic heterocycles. The van der Waals surface area contributed by atoms with Crippen LogP contribution >= 0.6 is 11.8 Å². The molecule has 0 bridgehead atoms. The van der Waals surface area contributed by atoms with E-state index < -0.39 is 0 Å². The van der Waals surface area contributed by atoms with Gasteiger partial charge in [0.15, 0.2) is 0 Å². The quantitative estimate of drug-likeness (QED) is 0.765. The van der Waals surface area contributed by atoms with Crippen molar-refractivity contribution in [2.75, 3.05) is 18.9 Å². The molecule has 4 heteroatoms. The second-order valence-electron chi connectivity index (χ2n) is 5.18. The molecule has 0 aromatic heterocycles. The number of carbonyl (C=O) groups excluding carboxylic acids is 1. The minimum Gasteiger partial charge on any atom is -0.395 e. The molecule has 0 aromatic rings. The number of hydrogen-bond acceptors (Lipinski definition) is 3. The van der Waals surface area contributed by atoms with Gasteiger partial charge in [0.1, 0.15) is 0 Å². The molecule has 17 heavy (non-hydrogen) atoms. The van der Waals surface area contributed by atoms with Crippen molar-refractivity contribution in [2.45, 2.75) is 58.2 Å². The highest BCUT2D eigenvalue weighted by atomic mass is 32.2. The van der Waals surface area contributed by atoms with Crippen LogP contribution < -0.4 is 0 Å². The molecule has 102 valence electrons. The van der Waals surface area contributed by atoms with Gasteiger partial charge in [0.25, 0.3) is 0 Å². The van der Waals surface area contributed by atoms with E-state index in [0.29, 0.717) is 12.3 Å². The van der Waals surface area contributed by atoms with E-state index in [1.165, 1.54) is 0 Å². The fourth-order valence-electron chi connectivity index (χ4n) is 1.71. The van der Waals surface area contributed by atoms with Crippen molar-refractivity contribution in [3.05, 3.63) is 0 Å². The molecule has 0 heterocycles. The van der Waals surface area contributed by atoms with E-state index in [9.17, 15) is 4.79 Å². The van der Waals surface area contributed by atoms with Crippen LogP contribution in [0, 0.1) is 0 Å². The van der Waals surface area contributed by atoms with Crippen LogP contribution in [-0.2, 0) is 4.79 Å². The maximum Gasteiger partial charge on any atom is 0.232 e. The summed E-state index contributed by atoms with van der Waals surface area (Å²) < 4.78 is 0.106. The molecule has 0 saturated carbocycles. The van der Waals surface area contributed by atoms with Crippen LogP contribution in [0.5, 0.6) is 0 Å². The third kappa shape index (κ3) is 6.94. The van der Waals surface area contributed by atoms with E-state index in [1.807, 2.05) is 4.90 Å². The highest BCUT2D eigenvalue weighted by Crippen LogP contribution is 2.24. The Kier molecular flexibility index (Phi) is 7.88. The number of nitrogens with zero attached hydrogens (tertiary/aromatic N) is 1. The summed E-state index contributed by atoms with van der Waals surface area (Å²) in [6.07, 6.45) is 1.89. The molecule has 1 amide bonds. The summed E-state index contributed by atoms with van der Waals surface area (Å²) in [5.41, 5.74) is 0. The van der Waals surface area contributed by atoms with Gasteiger partial charge in [-0.25, -0.2) is 0 Å². The Balaban J connectivity index is 4.43. The standard InChI is InChI=1S/C13H27NO2S/c1-6-11(7-2)14(8-9-15)12(16)10-17-13(3,4)5/h11,15H,6-10H2,1-5H3. The van der Waals surface area contributed by atoms with Crippen LogP contribution in [-0.4, -0.2) is 45.6 Å². The second kappa shape index (κ2) is 7.98. The lowest BCUT2D eigenvalue weighted by Crippen LogP contribution is -2.43. The van der Waals surface area contributed by atoms with Gasteiger partial charge in [-0.2, -0.15) is 0 Å². The fourth-order valence-corrected chi connectivity index (χ4v) is 2.43. The molecule has 0 aliphatic carbocycles. The summed E-state index contributed by atoms with van der Waals surface area (Å²) in [4.78, 5) is 14.0. The smallest absolute Gasteiger partial charge is 0.232 e. The van der Waals surface area contributed by atoms with Gasteiger partial charge in [-0.15, -0.1) is 11.8 Å². The van der Waals surface area contributed by atoms with Gasteiger partial charge >= 0.3 is 0 Å². The first-order valence-electron chi connectivity index (χ1n) is 6.40. The van der Waals surface area contributed by atoms with Crippen molar-refractivity contribution in [2.24, 2.45) is 0 Å². The molecule has 1 N–H and O–H groups in total. The summed E-state index contributed by atoms with van der Waals surface area (Å²) >= 11 is 1.66. The van der Waals surface area contributed by atoms with E-state index in [0.717, 1.165) is 12.8 Å². The number of aliphatic hydroxyl groups excluding tert-OH is 1. The van der Waals surface area contributed by atoms with Crippen LogP contribution in [0.25, 0.3) is 0 Å². The van der Waals surface area contributed by atoms with E-state index in [-0.39, 0.29) is 23.3 Å². The van der Waals surface area contributed by atoms with Crippen molar-refractivity contribution in [1.82, 2.24) is 4.90 Å². The topological polar surface area (TPSA) is 40.5 Å². The lowest BCUT2D eigenvalue weighted by Gasteiger charge is -2.31. The van der Waals surface area contributed by atoms with Gasteiger partial charge < -0.3 is 10.0 Å². The summed E-state index contributed by atoms with van der Waals surface area (Å²) in [5, 5.41) is 9.05. The lowest BCUT2D eigenvalue weighted by atomic mass is 10.1. The van der Waals surface area contributed by atoms with Gasteiger partial charge in [-0.3, -0.25) is 4.79 Å². The molecule has 0 fully saturated rings. The van der Waals surface area contributed by atoms with Crippen molar-refractivity contribution in [1.29, 1.82) is 0 Å². The van der Waals surface area contributed by atoms with E-state index in [4.69, 9.17) is 5.11 Å². The number of hydrogen-bond donors (Lipinski definition) is 1. The summed E-state index contributed by atoms with van der Waals surface area (Å²) in [7, 11) is 0. The second-order valence-corrected chi connectivity index (χ2v) is 6.98. The zero-order valence-corrected chi connectivity index (χ0v) is 12.6. The van der Waals surface area contributed by atoms with Gasteiger partial charge in [0.05, 0.1) is 12.4 Å². The highest BCUT2D eigenvalue weighted by Gasteiger charge is 2.22. The Morgan fingerprint density at radius 2 is 1.82 bits per heavy atom. The van der Waals surface area contributed by atoms with Crippen molar-refractivity contribution in [3.8, 4) is 0 Å². The number of aliphatic hydroxyl groups is 1. The van der Waals surface area contributed by atoms with Gasteiger partial charge in [-0.1, -0.05) is 34.6 Å². The molecule has 3 nitrogen and oxygen atoms in total. The van der Waals surface area contributed by atoms with Crippen molar-refractivity contribution >= 4 is 17.7 Å². The van der Waals surface area contributed by atoms with Crippen LogP contribution in [0.2, 0.25) is 0 Å². The first-order chi connectivity index (χ1) is 7.85. The van der Waals surface area contributed by atoms with Crippen LogP contribution in [0.4, 0.5) is 0 Å². The van der Waals surface area contributed by atoms with Gasteiger partial charge in [0.2, 0.25) is 5.91 Å². The summed E-state index contributed by atoms with van der Waals surface area (Å²) in [5.74, 6) is 0.646. The molecule has 0 spiro atoms. The number of amides is 1. The lowest BCUT2D eigenvalue weighted by molar-refractivity contribution is -0.131. The monoisotopic (exact) mass is 261 g/mol. The van der Waals surface area contributed by atoms with Crippen LogP contribution in [0.3, 0.4) is 0 Å². The van der Waals surface area contributed by atoms with E-state index in [2.05, 4.69) is 34.6 Å². The third-order valence-electron chi connectivity index (χ3n) is 2.67. The fraction of sp³-hybridized carbons (Fsp3) is 0.923. The Morgan fingerprint density at radius 3 is 2.18 bits per heavy atom. The minimum absolute atomic E-state index is 0.0441. The van der Waals surface area contributed by atoms with Gasteiger partial charge in [0, 0.05) is 17.3 Å². The van der Waals surface area contributed by atoms with Crippen molar-refractivity contribution < 1.29 is 9.90 Å². The predicted octanol–water partition coefficient (Wildman–Crippen LogP) is 2.53. The Hall–Kier alpha value is -0.220. The number of rotatable bonds is 7. The molecule has 0 radical (unpaired) electrons. The molecule has 0 unspecified atom stereocenters. The number of carbonyl (C=O) groups is 1. The molecule has 0 aromatic carbocycles. The average molecular weight is 261 g/mol. The molecule has 0 atom stereocenters. The first kappa shape index (κ1) is 16.8. The molecule has 0 rings (SSSR count).